The molecule has 0 aromatic heterocycles. The predicted molar refractivity (Wildman–Crippen MR) is 91.7 cm³/mol. The molecule has 1 atom stereocenters. The summed E-state index contributed by atoms with van der Waals surface area (Å²) in [4.78, 5) is 2.57. The van der Waals surface area contributed by atoms with Gasteiger partial charge in [-0.05, 0) is 61.3 Å². The Morgan fingerprint density at radius 2 is 1.68 bits per heavy atom. The summed E-state index contributed by atoms with van der Waals surface area (Å²) < 4.78 is 5.28. The zero-order valence-electron chi connectivity index (χ0n) is 13.0. The summed E-state index contributed by atoms with van der Waals surface area (Å²) in [5.74, 6) is 0.896. The van der Waals surface area contributed by atoms with E-state index in [9.17, 15) is 0 Å². The molecule has 1 unspecified atom stereocenters. The molecule has 0 radical (unpaired) electrons. The van der Waals surface area contributed by atoms with E-state index in [-0.39, 0.29) is 6.04 Å². The van der Waals surface area contributed by atoms with Crippen LogP contribution in [0.1, 0.15) is 36.4 Å². The van der Waals surface area contributed by atoms with E-state index >= 15 is 0 Å². The Labute approximate surface area is 137 Å². The highest BCUT2D eigenvalue weighted by molar-refractivity contribution is 6.30. The van der Waals surface area contributed by atoms with E-state index in [2.05, 4.69) is 29.2 Å². The molecule has 1 saturated heterocycles. The molecule has 2 aromatic carbocycles. The zero-order valence-corrected chi connectivity index (χ0v) is 13.7. The number of piperidine rings is 1. The van der Waals surface area contributed by atoms with Crippen molar-refractivity contribution in [2.75, 3.05) is 20.2 Å². The average molecular weight is 316 g/mol. The molecule has 0 bridgehead atoms. The van der Waals surface area contributed by atoms with Crippen LogP contribution in [-0.4, -0.2) is 25.1 Å². The SMILES string of the molecule is COc1ccc(C(c2cccc(Cl)c2)N2CCCCC2)cc1. The Kier molecular flexibility index (Phi) is 5.01. The molecule has 1 aliphatic rings. The summed E-state index contributed by atoms with van der Waals surface area (Å²) in [6, 6.07) is 16.9. The first-order chi connectivity index (χ1) is 10.8. The Morgan fingerprint density at radius 3 is 2.32 bits per heavy atom. The van der Waals surface area contributed by atoms with Crippen molar-refractivity contribution in [1.29, 1.82) is 0 Å². The second kappa shape index (κ2) is 7.17. The molecule has 0 spiro atoms. The van der Waals surface area contributed by atoms with Gasteiger partial charge in [0.05, 0.1) is 13.2 Å². The molecule has 0 N–H and O–H groups in total. The van der Waals surface area contributed by atoms with E-state index < -0.39 is 0 Å². The van der Waals surface area contributed by atoms with Crippen LogP contribution in [0.15, 0.2) is 48.5 Å². The van der Waals surface area contributed by atoms with Crippen molar-refractivity contribution in [3.8, 4) is 5.75 Å². The molecule has 2 nitrogen and oxygen atoms in total. The topological polar surface area (TPSA) is 12.5 Å². The number of methoxy groups -OCH3 is 1. The van der Waals surface area contributed by atoms with Crippen LogP contribution >= 0.6 is 11.6 Å². The Bertz CT molecular complexity index is 605. The first kappa shape index (κ1) is 15.4. The number of halogens is 1. The van der Waals surface area contributed by atoms with Gasteiger partial charge < -0.3 is 4.74 Å². The van der Waals surface area contributed by atoms with Crippen LogP contribution in [0.5, 0.6) is 5.75 Å². The molecular formula is C19H22ClNO. The monoisotopic (exact) mass is 315 g/mol. The van der Waals surface area contributed by atoms with Crippen LogP contribution in [0.4, 0.5) is 0 Å². The molecular weight excluding hydrogens is 294 g/mol. The maximum absolute atomic E-state index is 6.22. The maximum atomic E-state index is 6.22. The highest BCUT2D eigenvalue weighted by Gasteiger charge is 2.24. The molecule has 3 heteroatoms. The molecule has 0 amide bonds. The van der Waals surface area contributed by atoms with Gasteiger partial charge in [0, 0.05) is 5.02 Å². The van der Waals surface area contributed by atoms with E-state index in [1.165, 1.54) is 30.4 Å². The smallest absolute Gasteiger partial charge is 0.118 e. The van der Waals surface area contributed by atoms with Crippen LogP contribution < -0.4 is 4.74 Å². The molecule has 1 aliphatic heterocycles. The van der Waals surface area contributed by atoms with E-state index in [1.807, 2.05) is 24.3 Å². The molecule has 0 aliphatic carbocycles. The highest BCUT2D eigenvalue weighted by Crippen LogP contribution is 2.33. The summed E-state index contributed by atoms with van der Waals surface area (Å²) in [7, 11) is 1.70. The molecule has 116 valence electrons. The summed E-state index contributed by atoms with van der Waals surface area (Å²) in [6.45, 7) is 2.28. The lowest BCUT2D eigenvalue weighted by atomic mass is 9.95. The quantitative estimate of drug-likeness (QED) is 0.793. The van der Waals surface area contributed by atoms with Gasteiger partial charge in [0.2, 0.25) is 0 Å². The van der Waals surface area contributed by atoms with Crippen LogP contribution in [0, 0.1) is 0 Å². The maximum Gasteiger partial charge on any atom is 0.118 e. The number of likely N-dealkylation sites (tertiary alicyclic amines) is 1. The molecule has 1 heterocycles. The molecule has 0 saturated carbocycles. The summed E-state index contributed by atoms with van der Waals surface area (Å²) >= 11 is 6.22. The molecule has 22 heavy (non-hydrogen) atoms. The van der Waals surface area contributed by atoms with E-state index in [0.717, 1.165) is 23.9 Å². The minimum absolute atomic E-state index is 0.268. The van der Waals surface area contributed by atoms with E-state index in [4.69, 9.17) is 16.3 Å². The summed E-state index contributed by atoms with van der Waals surface area (Å²) in [5, 5.41) is 0.799. The normalized spacial score (nSPS) is 17.2. The lowest BCUT2D eigenvalue weighted by Crippen LogP contribution is -2.34. The van der Waals surface area contributed by atoms with Crippen LogP contribution in [-0.2, 0) is 0 Å². The Morgan fingerprint density at radius 1 is 0.955 bits per heavy atom. The van der Waals surface area contributed by atoms with Crippen molar-refractivity contribution in [2.45, 2.75) is 25.3 Å². The average Bonchev–Trinajstić information content (AvgIpc) is 2.57. The third-order valence-corrected chi connectivity index (χ3v) is 4.59. The van der Waals surface area contributed by atoms with Crippen molar-refractivity contribution < 1.29 is 4.74 Å². The Balaban J connectivity index is 1.97. The molecule has 1 fully saturated rings. The standard InChI is InChI=1S/C19H22ClNO/c1-22-18-10-8-15(9-11-18)19(21-12-3-2-4-13-21)16-6-5-7-17(20)14-16/h5-11,14,19H,2-4,12-13H2,1H3. The lowest BCUT2D eigenvalue weighted by Gasteiger charge is -2.35. The van der Waals surface area contributed by atoms with Gasteiger partial charge in [-0.25, -0.2) is 0 Å². The van der Waals surface area contributed by atoms with E-state index in [1.54, 1.807) is 7.11 Å². The number of nitrogens with zero attached hydrogens (tertiary/aromatic N) is 1. The molecule has 3 rings (SSSR count). The lowest BCUT2D eigenvalue weighted by molar-refractivity contribution is 0.187. The van der Waals surface area contributed by atoms with Gasteiger partial charge in [-0.1, -0.05) is 42.3 Å². The number of rotatable bonds is 4. The second-order valence-corrected chi connectivity index (χ2v) is 6.26. The van der Waals surface area contributed by atoms with Crippen molar-refractivity contribution in [1.82, 2.24) is 4.90 Å². The predicted octanol–water partition coefficient (Wildman–Crippen LogP) is 4.92. The third kappa shape index (κ3) is 3.45. The van der Waals surface area contributed by atoms with Gasteiger partial charge >= 0.3 is 0 Å². The van der Waals surface area contributed by atoms with Gasteiger partial charge in [-0.2, -0.15) is 0 Å². The summed E-state index contributed by atoms with van der Waals surface area (Å²) in [5.41, 5.74) is 2.56. The largest absolute Gasteiger partial charge is 0.497 e. The van der Waals surface area contributed by atoms with E-state index in [0.29, 0.717) is 0 Å². The number of benzene rings is 2. The minimum atomic E-state index is 0.268. The van der Waals surface area contributed by atoms with Gasteiger partial charge in [0.15, 0.2) is 0 Å². The Hall–Kier alpha value is -1.51. The van der Waals surface area contributed by atoms with Crippen LogP contribution in [0.2, 0.25) is 5.02 Å². The van der Waals surface area contributed by atoms with Gasteiger partial charge in [0.1, 0.15) is 5.75 Å². The van der Waals surface area contributed by atoms with Crippen LogP contribution in [0.25, 0.3) is 0 Å². The van der Waals surface area contributed by atoms with Crippen molar-refractivity contribution in [3.63, 3.8) is 0 Å². The number of ether oxygens (including phenoxy) is 1. The third-order valence-electron chi connectivity index (χ3n) is 4.35. The van der Waals surface area contributed by atoms with Crippen molar-refractivity contribution >= 4 is 11.6 Å². The van der Waals surface area contributed by atoms with Crippen molar-refractivity contribution in [2.24, 2.45) is 0 Å². The second-order valence-electron chi connectivity index (χ2n) is 5.83. The fourth-order valence-corrected chi connectivity index (χ4v) is 3.45. The highest BCUT2D eigenvalue weighted by atomic mass is 35.5. The van der Waals surface area contributed by atoms with Gasteiger partial charge in [-0.3, -0.25) is 4.90 Å². The first-order valence-electron chi connectivity index (χ1n) is 7.91. The van der Waals surface area contributed by atoms with Crippen molar-refractivity contribution in [3.05, 3.63) is 64.7 Å². The van der Waals surface area contributed by atoms with Gasteiger partial charge in [-0.15, -0.1) is 0 Å². The van der Waals surface area contributed by atoms with Gasteiger partial charge in [0.25, 0.3) is 0 Å². The fraction of sp³-hybridized carbons (Fsp3) is 0.368. The fourth-order valence-electron chi connectivity index (χ4n) is 3.25. The zero-order chi connectivity index (χ0) is 15.4. The number of hydrogen-bond acceptors (Lipinski definition) is 2. The van der Waals surface area contributed by atoms with Crippen LogP contribution in [0.3, 0.4) is 0 Å². The molecule has 2 aromatic rings. The summed E-state index contributed by atoms with van der Waals surface area (Å²) in [6.07, 6.45) is 3.88. The first-order valence-corrected chi connectivity index (χ1v) is 8.29. The minimum Gasteiger partial charge on any atom is -0.497 e. The number of hydrogen-bond donors (Lipinski definition) is 0.